The molecule has 0 aromatic carbocycles. The third-order valence-corrected chi connectivity index (χ3v) is 4.20. The van der Waals surface area contributed by atoms with Crippen LogP contribution in [0.25, 0.3) is 0 Å². The predicted molar refractivity (Wildman–Crippen MR) is 78.4 cm³/mol. The third kappa shape index (κ3) is 3.32. The highest BCUT2D eigenvalue weighted by Crippen LogP contribution is 2.26. The minimum atomic E-state index is -0.714. The maximum atomic E-state index is 12.8. The summed E-state index contributed by atoms with van der Waals surface area (Å²) in [5.74, 6) is 0.0395. The van der Waals surface area contributed by atoms with Gasteiger partial charge in [-0.3, -0.25) is 9.59 Å². The first kappa shape index (κ1) is 17.0. The average Bonchev–Trinajstić information content (AvgIpc) is 2.46. The molecule has 1 fully saturated rings. The van der Waals surface area contributed by atoms with Crippen LogP contribution in [0.1, 0.15) is 53.4 Å². The Kier molecular flexibility index (Phi) is 6.46. The number of rotatable bonds is 8. The Bertz CT molecular complexity index is 340. The lowest BCUT2D eigenvalue weighted by atomic mass is 9.86. The molecule has 1 heterocycles. The zero-order valence-electron chi connectivity index (χ0n) is 13.2. The van der Waals surface area contributed by atoms with Crippen molar-refractivity contribution in [2.24, 2.45) is 0 Å². The maximum absolute atomic E-state index is 12.8. The van der Waals surface area contributed by atoms with Crippen molar-refractivity contribution in [3.05, 3.63) is 0 Å². The molecule has 1 N–H and O–H groups in total. The first-order valence-electron chi connectivity index (χ1n) is 7.77. The highest BCUT2D eigenvalue weighted by atomic mass is 16.5. The number of piperazine rings is 1. The molecule has 1 aliphatic rings. The molecule has 5 nitrogen and oxygen atoms in total. The SMILES string of the molecule is CCOCCCN1C(=O)C(CC)(CC)NC(=O)C1CC. The summed E-state index contributed by atoms with van der Waals surface area (Å²) >= 11 is 0. The van der Waals surface area contributed by atoms with Gasteiger partial charge in [-0.2, -0.15) is 0 Å². The van der Waals surface area contributed by atoms with Crippen molar-refractivity contribution in [1.29, 1.82) is 0 Å². The van der Waals surface area contributed by atoms with Crippen LogP contribution in [0.2, 0.25) is 0 Å². The number of hydrogen-bond acceptors (Lipinski definition) is 3. The highest BCUT2D eigenvalue weighted by Gasteiger charge is 2.47. The Labute approximate surface area is 122 Å². The summed E-state index contributed by atoms with van der Waals surface area (Å²) < 4.78 is 5.32. The molecule has 2 amide bonds. The van der Waals surface area contributed by atoms with E-state index in [4.69, 9.17) is 4.74 Å². The molecule has 1 atom stereocenters. The summed E-state index contributed by atoms with van der Waals surface area (Å²) in [5.41, 5.74) is -0.714. The fourth-order valence-corrected chi connectivity index (χ4v) is 2.80. The van der Waals surface area contributed by atoms with E-state index >= 15 is 0 Å². The summed E-state index contributed by atoms with van der Waals surface area (Å²) in [5, 5.41) is 2.95. The molecule has 116 valence electrons. The van der Waals surface area contributed by atoms with Gasteiger partial charge in [0.15, 0.2) is 0 Å². The van der Waals surface area contributed by atoms with Crippen LogP contribution in [-0.4, -0.2) is 48.1 Å². The molecular weight excluding hydrogens is 256 g/mol. The molecule has 5 heteroatoms. The van der Waals surface area contributed by atoms with Crippen LogP contribution < -0.4 is 5.32 Å². The van der Waals surface area contributed by atoms with Gasteiger partial charge in [-0.25, -0.2) is 0 Å². The van der Waals surface area contributed by atoms with Gasteiger partial charge in [-0.1, -0.05) is 20.8 Å². The summed E-state index contributed by atoms with van der Waals surface area (Å²) in [6.07, 6.45) is 2.68. The van der Waals surface area contributed by atoms with Crippen molar-refractivity contribution in [3.63, 3.8) is 0 Å². The minimum absolute atomic E-state index is 0.0211. The second-order valence-corrected chi connectivity index (χ2v) is 5.25. The molecule has 0 aliphatic carbocycles. The van der Waals surface area contributed by atoms with E-state index in [1.807, 2.05) is 27.7 Å². The lowest BCUT2D eigenvalue weighted by Crippen LogP contribution is -2.70. The fourth-order valence-electron chi connectivity index (χ4n) is 2.80. The number of carbonyl (C=O) groups excluding carboxylic acids is 2. The molecule has 0 aromatic rings. The predicted octanol–water partition coefficient (Wildman–Crippen LogP) is 1.71. The van der Waals surface area contributed by atoms with E-state index in [0.717, 1.165) is 6.42 Å². The van der Waals surface area contributed by atoms with Crippen LogP contribution in [0.3, 0.4) is 0 Å². The van der Waals surface area contributed by atoms with Gasteiger partial charge in [0.05, 0.1) is 0 Å². The summed E-state index contributed by atoms with van der Waals surface area (Å²) in [4.78, 5) is 26.8. The molecule has 0 radical (unpaired) electrons. The van der Waals surface area contributed by atoms with E-state index in [0.29, 0.717) is 39.0 Å². The van der Waals surface area contributed by atoms with E-state index in [1.54, 1.807) is 4.90 Å². The van der Waals surface area contributed by atoms with Crippen molar-refractivity contribution in [2.45, 2.75) is 65.0 Å². The summed E-state index contributed by atoms with van der Waals surface area (Å²) in [7, 11) is 0. The van der Waals surface area contributed by atoms with E-state index in [9.17, 15) is 9.59 Å². The second-order valence-electron chi connectivity index (χ2n) is 5.25. The van der Waals surface area contributed by atoms with E-state index in [1.165, 1.54) is 0 Å². The van der Waals surface area contributed by atoms with Crippen molar-refractivity contribution >= 4 is 11.8 Å². The molecule has 1 saturated heterocycles. The molecule has 1 unspecified atom stereocenters. The molecular formula is C15H28N2O3. The average molecular weight is 284 g/mol. The van der Waals surface area contributed by atoms with Gasteiger partial charge in [0.1, 0.15) is 11.6 Å². The lowest BCUT2D eigenvalue weighted by Gasteiger charge is -2.45. The van der Waals surface area contributed by atoms with Crippen molar-refractivity contribution in [1.82, 2.24) is 10.2 Å². The van der Waals surface area contributed by atoms with Gasteiger partial charge in [-0.05, 0) is 32.6 Å². The summed E-state index contributed by atoms with van der Waals surface area (Å²) in [6, 6.07) is -0.338. The zero-order chi connectivity index (χ0) is 15.2. The number of carbonyl (C=O) groups is 2. The first-order valence-corrected chi connectivity index (χ1v) is 7.77. The van der Waals surface area contributed by atoms with Gasteiger partial charge in [0.25, 0.3) is 0 Å². The number of nitrogens with one attached hydrogen (secondary N) is 1. The second kappa shape index (κ2) is 7.62. The quantitative estimate of drug-likeness (QED) is 0.690. The van der Waals surface area contributed by atoms with Crippen LogP contribution in [0.4, 0.5) is 0 Å². The maximum Gasteiger partial charge on any atom is 0.248 e. The minimum Gasteiger partial charge on any atom is -0.382 e. The molecule has 1 rings (SSSR count). The van der Waals surface area contributed by atoms with Crippen LogP contribution in [0, 0.1) is 0 Å². The fraction of sp³-hybridized carbons (Fsp3) is 0.867. The van der Waals surface area contributed by atoms with Gasteiger partial charge in [-0.15, -0.1) is 0 Å². The Hall–Kier alpha value is -1.10. The zero-order valence-corrected chi connectivity index (χ0v) is 13.2. The van der Waals surface area contributed by atoms with Crippen molar-refractivity contribution in [2.75, 3.05) is 19.8 Å². The molecule has 1 aliphatic heterocycles. The summed E-state index contributed by atoms with van der Waals surface area (Å²) in [6.45, 7) is 9.69. The molecule has 0 spiro atoms. The van der Waals surface area contributed by atoms with Gasteiger partial charge < -0.3 is 15.0 Å². The molecule has 0 bridgehead atoms. The highest BCUT2D eigenvalue weighted by molar-refractivity contribution is 5.99. The normalized spacial score (nSPS) is 22.0. The first-order chi connectivity index (χ1) is 9.56. The third-order valence-electron chi connectivity index (χ3n) is 4.20. The molecule has 20 heavy (non-hydrogen) atoms. The number of nitrogens with zero attached hydrogens (tertiary/aromatic N) is 1. The topological polar surface area (TPSA) is 58.6 Å². The Morgan fingerprint density at radius 3 is 2.35 bits per heavy atom. The van der Waals surface area contributed by atoms with E-state index < -0.39 is 5.54 Å². The van der Waals surface area contributed by atoms with Crippen LogP contribution >= 0.6 is 0 Å². The van der Waals surface area contributed by atoms with E-state index in [-0.39, 0.29) is 17.9 Å². The van der Waals surface area contributed by atoms with Gasteiger partial charge in [0, 0.05) is 19.8 Å². The van der Waals surface area contributed by atoms with Gasteiger partial charge in [0.2, 0.25) is 11.8 Å². The number of hydrogen-bond donors (Lipinski definition) is 1. The Morgan fingerprint density at radius 1 is 1.20 bits per heavy atom. The number of ether oxygens (including phenoxy) is 1. The number of amides is 2. The van der Waals surface area contributed by atoms with Crippen molar-refractivity contribution < 1.29 is 14.3 Å². The smallest absolute Gasteiger partial charge is 0.248 e. The standard InChI is InChI=1S/C15H28N2O3/c1-5-12-13(18)16-15(6-2,7-3)14(19)17(12)10-9-11-20-8-4/h12H,5-11H2,1-4H3,(H,16,18). The molecule has 0 saturated carbocycles. The van der Waals surface area contributed by atoms with Crippen molar-refractivity contribution in [3.8, 4) is 0 Å². The van der Waals surface area contributed by atoms with Gasteiger partial charge >= 0.3 is 0 Å². The van der Waals surface area contributed by atoms with E-state index in [2.05, 4.69) is 5.32 Å². The lowest BCUT2D eigenvalue weighted by molar-refractivity contribution is -0.155. The Morgan fingerprint density at radius 2 is 1.85 bits per heavy atom. The van der Waals surface area contributed by atoms with Crippen LogP contribution in [0.5, 0.6) is 0 Å². The van der Waals surface area contributed by atoms with Crippen LogP contribution in [0.15, 0.2) is 0 Å². The Balaban J connectivity index is 2.83. The monoisotopic (exact) mass is 284 g/mol. The largest absolute Gasteiger partial charge is 0.382 e. The van der Waals surface area contributed by atoms with Crippen LogP contribution in [-0.2, 0) is 14.3 Å². The molecule has 0 aromatic heterocycles.